The molecule has 29 heavy (non-hydrogen) atoms. The van der Waals surface area contributed by atoms with E-state index in [1.165, 1.54) is 16.5 Å². The van der Waals surface area contributed by atoms with Crippen LogP contribution in [-0.4, -0.2) is 50.9 Å². The van der Waals surface area contributed by atoms with Crippen molar-refractivity contribution in [3.8, 4) is 0 Å². The second-order valence-electron chi connectivity index (χ2n) is 8.52. The molecule has 1 saturated heterocycles. The molecule has 0 saturated carbocycles. The number of aromatic nitrogens is 5. The number of pyridine rings is 1. The van der Waals surface area contributed by atoms with Crippen molar-refractivity contribution in [2.75, 3.05) is 36.0 Å². The zero-order valence-corrected chi connectivity index (χ0v) is 17.1. The van der Waals surface area contributed by atoms with Crippen LogP contribution in [0.1, 0.15) is 20.8 Å². The molecule has 0 amide bonds. The second kappa shape index (κ2) is 6.69. The smallest absolute Gasteiger partial charge is 0.163 e. The van der Waals surface area contributed by atoms with E-state index < -0.39 is 0 Å². The maximum atomic E-state index is 4.60. The average Bonchev–Trinajstić information content (AvgIpc) is 3.18. The summed E-state index contributed by atoms with van der Waals surface area (Å²) in [6.07, 6.45) is 7.47. The number of benzene rings is 1. The van der Waals surface area contributed by atoms with Crippen molar-refractivity contribution in [2.45, 2.75) is 26.3 Å². The van der Waals surface area contributed by atoms with Gasteiger partial charge in [-0.05, 0) is 20.8 Å². The lowest BCUT2D eigenvalue weighted by Gasteiger charge is -2.37. The Morgan fingerprint density at radius 2 is 1.59 bits per heavy atom. The summed E-state index contributed by atoms with van der Waals surface area (Å²) in [7, 11) is 0. The highest BCUT2D eigenvalue weighted by atomic mass is 15.3. The number of piperazine rings is 1. The van der Waals surface area contributed by atoms with Gasteiger partial charge >= 0.3 is 0 Å². The molecule has 0 radical (unpaired) electrons. The number of fused-ring (bicyclic) bond motifs is 2. The van der Waals surface area contributed by atoms with Gasteiger partial charge in [0.2, 0.25) is 0 Å². The van der Waals surface area contributed by atoms with Gasteiger partial charge in [-0.3, -0.25) is 4.98 Å². The van der Waals surface area contributed by atoms with Crippen LogP contribution in [0.25, 0.3) is 21.8 Å². The van der Waals surface area contributed by atoms with Crippen molar-refractivity contribution in [3.63, 3.8) is 0 Å². The number of rotatable bonds is 2. The molecule has 1 aliphatic rings. The van der Waals surface area contributed by atoms with Crippen molar-refractivity contribution in [1.29, 1.82) is 0 Å². The minimum absolute atomic E-state index is 0.118. The first kappa shape index (κ1) is 17.8. The normalized spacial score (nSPS) is 15.4. The van der Waals surface area contributed by atoms with Gasteiger partial charge < -0.3 is 9.80 Å². The van der Waals surface area contributed by atoms with Gasteiger partial charge in [0.25, 0.3) is 0 Å². The van der Waals surface area contributed by atoms with Crippen LogP contribution in [-0.2, 0) is 5.54 Å². The van der Waals surface area contributed by atoms with E-state index in [2.05, 4.69) is 74.9 Å². The van der Waals surface area contributed by atoms with Crippen molar-refractivity contribution in [1.82, 2.24) is 24.7 Å². The lowest BCUT2D eigenvalue weighted by Crippen LogP contribution is -2.47. The Labute approximate surface area is 170 Å². The fourth-order valence-electron chi connectivity index (χ4n) is 4.09. The van der Waals surface area contributed by atoms with Gasteiger partial charge in [0.1, 0.15) is 12.1 Å². The summed E-state index contributed by atoms with van der Waals surface area (Å²) in [4.78, 5) is 18.3. The van der Waals surface area contributed by atoms with Crippen LogP contribution in [0.5, 0.6) is 0 Å². The van der Waals surface area contributed by atoms with Crippen LogP contribution in [0.3, 0.4) is 0 Å². The Hall–Kier alpha value is -3.22. The maximum Gasteiger partial charge on any atom is 0.163 e. The van der Waals surface area contributed by atoms with Gasteiger partial charge in [-0.15, -0.1) is 0 Å². The summed E-state index contributed by atoms with van der Waals surface area (Å²) in [6.45, 7) is 10.1. The molecule has 4 heterocycles. The zero-order chi connectivity index (χ0) is 20.0. The Kier molecular flexibility index (Phi) is 4.12. The van der Waals surface area contributed by atoms with Gasteiger partial charge in [-0.1, -0.05) is 24.3 Å². The quantitative estimate of drug-likeness (QED) is 0.525. The zero-order valence-electron chi connectivity index (χ0n) is 17.1. The van der Waals surface area contributed by atoms with E-state index >= 15 is 0 Å². The van der Waals surface area contributed by atoms with Crippen molar-refractivity contribution < 1.29 is 0 Å². The Balaban J connectivity index is 1.42. The molecule has 7 nitrogen and oxygen atoms in total. The molecule has 0 atom stereocenters. The third kappa shape index (κ3) is 3.06. The lowest BCUT2D eigenvalue weighted by molar-refractivity contribution is 0.366. The molecule has 1 aliphatic heterocycles. The van der Waals surface area contributed by atoms with E-state index in [0.29, 0.717) is 0 Å². The molecular weight excluding hydrogens is 362 g/mol. The van der Waals surface area contributed by atoms with E-state index in [0.717, 1.165) is 43.0 Å². The first-order valence-electron chi connectivity index (χ1n) is 10.0. The molecule has 1 aromatic carbocycles. The van der Waals surface area contributed by atoms with Crippen LogP contribution >= 0.6 is 0 Å². The third-order valence-electron chi connectivity index (χ3n) is 5.55. The molecule has 0 aliphatic carbocycles. The first-order valence-corrected chi connectivity index (χ1v) is 10.0. The summed E-state index contributed by atoms with van der Waals surface area (Å²) in [6, 6.07) is 8.44. The Morgan fingerprint density at radius 1 is 0.828 bits per heavy atom. The van der Waals surface area contributed by atoms with Crippen LogP contribution < -0.4 is 9.80 Å². The third-order valence-corrected chi connectivity index (χ3v) is 5.55. The Bertz CT molecular complexity index is 1160. The molecule has 5 rings (SSSR count). The highest BCUT2D eigenvalue weighted by molar-refractivity contribution is 5.93. The largest absolute Gasteiger partial charge is 0.366 e. The monoisotopic (exact) mass is 387 g/mol. The summed E-state index contributed by atoms with van der Waals surface area (Å²) >= 11 is 0. The van der Waals surface area contributed by atoms with E-state index in [1.54, 1.807) is 6.33 Å². The molecule has 0 bridgehead atoms. The molecule has 3 aromatic heterocycles. The topological polar surface area (TPSA) is 63.0 Å². The number of hydrogen-bond donors (Lipinski definition) is 0. The van der Waals surface area contributed by atoms with E-state index in [1.807, 2.05) is 23.3 Å². The number of nitrogens with zero attached hydrogens (tertiary/aromatic N) is 7. The predicted molar refractivity (Wildman–Crippen MR) is 116 cm³/mol. The minimum atomic E-state index is -0.118. The van der Waals surface area contributed by atoms with Gasteiger partial charge in [0.15, 0.2) is 5.65 Å². The standard InChI is InChI=1S/C22H25N7/c1-22(2,3)29-21-18(13-26-29)20(24-15-25-21)28-10-8-27(9-11-28)19-14-23-12-16-6-4-5-7-17(16)19/h4-7,12-15H,8-11H2,1-3H3. The first-order chi connectivity index (χ1) is 14.0. The van der Waals surface area contributed by atoms with Gasteiger partial charge in [0, 0.05) is 43.1 Å². The van der Waals surface area contributed by atoms with Crippen LogP contribution in [0.4, 0.5) is 11.5 Å². The molecular formula is C22H25N7. The highest BCUT2D eigenvalue weighted by Crippen LogP contribution is 2.30. The molecule has 148 valence electrons. The van der Waals surface area contributed by atoms with Crippen molar-refractivity contribution in [2.24, 2.45) is 0 Å². The van der Waals surface area contributed by atoms with Gasteiger partial charge in [-0.25, -0.2) is 14.6 Å². The predicted octanol–water partition coefficient (Wildman–Crippen LogP) is 3.46. The summed E-state index contributed by atoms with van der Waals surface area (Å²) in [5.41, 5.74) is 1.98. The van der Waals surface area contributed by atoms with Gasteiger partial charge in [-0.2, -0.15) is 5.10 Å². The fourth-order valence-corrected chi connectivity index (χ4v) is 4.09. The maximum absolute atomic E-state index is 4.60. The molecule has 1 fully saturated rings. The van der Waals surface area contributed by atoms with Crippen LogP contribution in [0, 0.1) is 0 Å². The summed E-state index contributed by atoms with van der Waals surface area (Å²) in [5.74, 6) is 0.973. The van der Waals surface area contributed by atoms with E-state index in [4.69, 9.17) is 0 Å². The van der Waals surface area contributed by atoms with Crippen LogP contribution in [0.2, 0.25) is 0 Å². The second-order valence-corrected chi connectivity index (χ2v) is 8.52. The van der Waals surface area contributed by atoms with E-state index in [-0.39, 0.29) is 5.54 Å². The Morgan fingerprint density at radius 3 is 2.38 bits per heavy atom. The average molecular weight is 387 g/mol. The van der Waals surface area contributed by atoms with E-state index in [9.17, 15) is 0 Å². The summed E-state index contributed by atoms with van der Waals surface area (Å²) < 4.78 is 1.98. The fraction of sp³-hybridized carbons (Fsp3) is 0.364. The molecule has 4 aromatic rings. The number of anilines is 2. The van der Waals surface area contributed by atoms with Gasteiger partial charge in [0.05, 0.1) is 29.0 Å². The van der Waals surface area contributed by atoms with Crippen molar-refractivity contribution >= 4 is 33.3 Å². The highest BCUT2D eigenvalue weighted by Gasteiger charge is 2.24. The minimum Gasteiger partial charge on any atom is -0.366 e. The summed E-state index contributed by atoms with van der Waals surface area (Å²) in [5, 5.41) is 8.04. The lowest BCUT2D eigenvalue weighted by atomic mass is 10.1. The molecule has 0 N–H and O–H groups in total. The SMILES string of the molecule is CC(C)(C)n1ncc2c(N3CCN(c4cncc5ccccc45)CC3)ncnc21. The van der Waals surface area contributed by atoms with Crippen molar-refractivity contribution in [3.05, 3.63) is 49.2 Å². The molecule has 0 unspecified atom stereocenters. The number of hydrogen-bond acceptors (Lipinski definition) is 6. The molecule has 7 heteroatoms. The van der Waals surface area contributed by atoms with Crippen LogP contribution in [0.15, 0.2) is 49.2 Å². The molecule has 0 spiro atoms.